The summed E-state index contributed by atoms with van der Waals surface area (Å²) in [5, 5.41) is 7.12. The predicted molar refractivity (Wildman–Crippen MR) is 104 cm³/mol. The van der Waals surface area contributed by atoms with Crippen molar-refractivity contribution in [2.24, 2.45) is 12.5 Å². The highest BCUT2D eigenvalue weighted by atomic mass is 16.5. The minimum Gasteiger partial charge on any atom is -0.373 e. The number of hydrogen-bond acceptors (Lipinski definition) is 3. The Kier molecular flexibility index (Phi) is 4.53. The van der Waals surface area contributed by atoms with E-state index in [0.29, 0.717) is 12.0 Å². The van der Waals surface area contributed by atoms with Crippen molar-refractivity contribution in [2.45, 2.75) is 51.7 Å². The molecule has 136 valence electrons. The minimum absolute atomic E-state index is 0.171. The molecule has 2 atom stereocenters. The lowest BCUT2D eigenvalue weighted by Crippen LogP contribution is -2.34. The van der Waals surface area contributed by atoms with Crippen molar-refractivity contribution in [1.29, 1.82) is 0 Å². The van der Waals surface area contributed by atoms with Crippen LogP contribution in [-0.2, 0) is 18.4 Å². The Morgan fingerprint density at radius 1 is 1.15 bits per heavy atom. The number of ether oxygens (including phenoxy) is 1. The first-order valence-corrected chi connectivity index (χ1v) is 9.46. The lowest BCUT2D eigenvalue weighted by atomic mass is 9.70. The molecule has 1 aromatic heterocycles. The number of benzene rings is 2. The van der Waals surface area contributed by atoms with Gasteiger partial charge in [0.2, 0.25) is 0 Å². The lowest BCUT2D eigenvalue weighted by Gasteiger charge is -2.39. The van der Waals surface area contributed by atoms with E-state index in [9.17, 15) is 0 Å². The van der Waals surface area contributed by atoms with Gasteiger partial charge in [0.1, 0.15) is 6.33 Å². The summed E-state index contributed by atoms with van der Waals surface area (Å²) < 4.78 is 8.25. The zero-order chi connectivity index (χ0) is 18.1. The molecule has 0 amide bonds. The van der Waals surface area contributed by atoms with Gasteiger partial charge >= 0.3 is 0 Å². The van der Waals surface area contributed by atoms with Crippen LogP contribution in [0.2, 0.25) is 0 Å². The van der Waals surface area contributed by atoms with Gasteiger partial charge in [-0.3, -0.25) is 4.68 Å². The summed E-state index contributed by atoms with van der Waals surface area (Å²) in [6.45, 7) is 5.31. The summed E-state index contributed by atoms with van der Waals surface area (Å²) >= 11 is 0. The first-order chi connectivity index (χ1) is 12.5. The fraction of sp³-hybridized carbons (Fsp3) is 0.455. The van der Waals surface area contributed by atoms with Crippen LogP contribution in [0.3, 0.4) is 0 Å². The van der Waals surface area contributed by atoms with Gasteiger partial charge in [-0.25, -0.2) is 4.98 Å². The van der Waals surface area contributed by atoms with Crippen molar-refractivity contribution in [2.75, 3.05) is 0 Å². The van der Waals surface area contributed by atoms with Gasteiger partial charge in [-0.1, -0.05) is 56.3 Å². The predicted octanol–water partition coefficient (Wildman–Crippen LogP) is 4.85. The highest BCUT2D eigenvalue weighted by Crippen LogP contribution is 2.44. The Hall–Kier alpha value is -2.20. The molecular formula is C22H27N3O. The average Bonchev–Trinajstić information content (AvgIpc) is 3.06. The van der Waals surface area contributed by atoms with Crippen LogP contribution in [0.5, 0.6) is 0 Å². The molecule has 0 bridgehead atoms. The molecule has 26 heavy (non-hydrogen) atoms. The molecule has 1 aliphatic rings. The van der Waals surface area contributed by atoms with Crippen molar-refractivity contribution in [1.82, 2.24) is 14.8 Å². The van der Waals surface area contributed by atoms with E-state index >= 15 is 0 Å². The largest absolute Gasteiger partial charge is 0.373 e. The second kappa shape index (κ2) is 6.84. The normalized spacial score (nSPS) is 22.6. The SMILES string of the molecule is Cn1cnc(C2CC(C)(C)CCC2OCc2cccc3ccccc23)n1. The molecule has 1 saturated carbocycles. The number of nitrogens with zero attached hydrogens (tertiary/aromatic N) is 3. The number of rotatable bonds is 4. The van der Waals surface area contributed by atoms with Gasteiger partial charge in [0.15, 0.2) is 5.82 Å². The third-order valence-electron chi connectivity index (χ3n) is 5.61. The minimum atomic E-state index is 0.171. The molecule has 2 unspecified atom stereocenters. The quantitative estimate of drug-likeness (QED) is 0.676. The van der Waals surface area contributed by atoms with Crippen molar-refractivity contribution in [3.63, 3.8) is 0 Å². The Morgan fingerprint density at radius 3 is 2.77 bits per heavy atom. The molecule has 3 aromatic rings. The van der Waals surface area contributed by atoms with E-state index in [2.05, 4.69) is 66.4 Å². The van der Waals surface area contributed by atoms with E-state index in [-0.39, 0.29) is 12.0 Å². The van der Waals surface area contributed by atoms with Crippen LogP contribution in [0, 0.1) is 5.41 Å². The van der Waals surface area contributed by atoms with Crippen LogP contribution in [-0.4, -0.2) is 20.9 Å². The summed E-state index contributed by atoms with van der Waals surface area (Å²) in [5.41, 5.74) is 1.56. The first-order valence-electron chi connectivity index (χ1n) is 9.46. The molecule has 4 heteroatoms. The molecular weight excluding hydrogens is 322 g/mol. The Balaban J connectivity index is 1.55. The first kappa shape index (κ1) is 17.2. The summed E-state index contributed by atoms with van der Waals surface area (Å²) in [6.07, 6.45) is 5.26. The molecule has 4 nitrogen and oxygen atoms in total. The second-order valence-electron chi connectivity index (χ2n) is 8.28. The standard InChI is InChI=1S/C22H27N3O/c1-22(2)12-11-20(19(13-22)21-23-15-25(3)24-21)26-14-17-9-6-8-16-7-4-5-10-18(16)17/h4-10,15,19-20H,11-14H2,1-3H3. The monoisotopic (exact) mass is 349 g/mol. The van der Waals surface area contributed by atoms with E-state index in [4.69, 9.17) is 4.74 Å². The zero-order valence-corrected chi connectivity index (χ0v) is 15.9. The third kappa shape index (κ3) is 3.51. The second-order valence-corrected chi connectivity index (χ2v) is 8.28. The van der Waals surface area contributed by atoms with E-state index in [1.54, 1.807) is 11.0 Å². The van der Waals surface area contributed by atoms with Gasteiger partial charge in [0.25, 0.3) is 0 Å². The van der Waals surface area contributed by atoms with Gasteiger partial charge in [-0.2, -0.15) is 5.10 Å². The maximum atomic E-state index is 6.46. The maximum absolute atomic E-state index is 6.46. The highest BCUT2D eigenvalue weighted by molar-refractivity contribution is 5.85. The van der Waals surface area contributed by atoms with Crippen LogP contribution < -0.4 is 0 Å². The molecule has 0 saturated heterocycles. The summed E-state index contributed by atoms with van der Waals surface area (Å²) in [5.74, 6) is 1.18. The number of fused-ring (bicyclic) bond motifs is 1. The number of aryl methyl sites for hydroxylation is 1. The molecule has 0 spiro atoms. The van der Waals surface area contributed by atoms with Crippen LogP contribution in [0.1, 0.15) is 50.4 Å². The Labute approximate surface area is 155 Å². The Bertz CT molecular complexity index is 894. The number of aromatic nitrogens is 3. The number of hydrogen-bond donors (Lipinski definition) is 0. The summed E-state index contributed by atoms with van der Waals surface area (Å²) in [6, 6.07) is 14.9. The average molecular weight is 349 g/mol. The van der Waals surface area contributed by atoms with E-state index in [0.717, 1.165) is 18.7 Å². The van der Waals surface area contributed by atoms with Crippen LogP contribution >= 0.6 is 0 Å². The van der Waals surface area contributed by atoms with Gasteiger partial charge in [-0.15, -0.1) is 0 Å². The van der Waals surface area contributed by atoms with Crippen LogP contribution in [0.4, 0.5) is 0 Å². The van der Waals surface area contributed by atoms with Crippen LogP contribution in [0.25, 0.3) is 10.8 Å². The summed E-state index contributed by atoms with van der Waals surface area (Å²) in [7, 11) is 1.93. The van der Waals surface area contributed by atoms with E-state index in [1.807, 2.05) is 7.05 Å². The fourth-order valence-electron chi connectivity index (χ4n) is 4.16. The smallest absolute Gasteiger partial charge is 0.156 e. The fourth-order valence-corrected chi connectivity index (χ4v) is 4.16. The lowest BCUT2D eigenvalue weighted by molar-refractivity contribution is -0.0236. The van der Waals surface area contributed by atoms with Crippen molar-refractivity contribution in [3.05, 3.63) is 60.2 Å². The van der Waals surface area contributed by atoms with Crippen molar-refractivity contribution < 1.29 is 4.74 Å². The maximum Gasteiger partial charge on any atom is 0.156 e. The highest BCUT2D eigenvalue weighted by Gasteiger charge is 2.38. The van der Waals surface area contributed by atoms with Crippen molar-refractivity contribution >= 4 is 10.8 Å². The molecule has 0 radical (unpaired) electrons. The van der Waals surface area contributed by atoms with Gasteiger partial charge < -0.3 is 4.74 Å². The Morgan fingerprint density at radius 2 is 1.96 bits per heavy atom. The zero-order valence-electron chi connectivity index (χ0n) is 15.9. The molecule has 1 fully saturated rings. The molecule has 1 aliphatic carbocycles. The molecule has 4 rings (SSSR count). The third-order valence-corrected chi connectivity index (χ3v) is 5.61. The van der Waals surface area contributed by atoms with Crippen molar-refractivity contribution in [3.8, 4) is 0 Å². The van der Waals surface area contributed by atoms with Gasteiger partial charge in [0.05, 0.1) is 12.7 Å². The molecule has 0 aliphatic heterocycles. The van der Waals surface area contributed by atoms with Crippen LogP contribution in [0.15, 0.2) is 48.8 Å². The van der Waals surface area contributed by atoms with Gasteiger partial charge in [-0.05, 0) is 41.0 Å². The molecule has 0 N–H and O–H groups in total. The topological polar surface area (TPSA) is 39.9 Å². The summed E-state index contributed by atoms with van der Waals surface area (Å²) in [4.78, 5) is 4.53. The molecule has 1 heterocycles. The van der Waals surface area contributed by atoms with E-state index in [1.165, 1.54) is 22.8 Å². The van der Waals surface area contributed by atoms with E-state index < -0.39 is 0 Å². The molecule has 2 aromatic carbocycles. The van der Waals surface area contributed by atoms with Gasteiger partial charge in [0, 0.05) is 13.0 Å².